The predicted octanol–water partition coefficient (Wildman–Crippen LogP) is 1.77. The van der Waals surface area contributed by atoms with Crippen molar-refractivity contribution in [3.05, 3.63) is 35.9 Å². The maximum atomic E-state index is 12.7. The van der Waals surface area contributed by atoms with Crippen LogP contribution in [0.1, 0.15) is 36.5 Å². The number of β-amino-alcohol motifs (C(OH)–C–C–N with tert-alkyl or cyclic N) is 1. The van der Waals surface area contributed by atoms with Gasteiger partial charge in [-0.2, -0.15) is 0 Å². The minimum absolute atomic E-state index is 0.0228. The Bertz CT molecular complexity index is 582. The molecule has 0 aliphatic carbocycles. The molecule has 5 heteroatoms. The molecule has 2 unspecified atom stereocenters. The molecule has 2 heterocycles. The molecule has 1 aromatic carbocycles. The van der Waals surface area contributed by atoms with Crippen molar-refractivity contribution >= 4 is 11.8 Å². The van der Waals surface area contributed by atoms with Gasteiger partial charge in [0.15, 0.2) is 0 Å². The molecule has 0 bridgehead atoms. The van der Waals surface area contributed by atoms with Gasteiger partial charge in [0.05, 0.1) is 6.10 Å². The van der Waals surface area contributed by atoms with Gasteiger partial charge in [0.2, 0.25) is 5.91 Å². The summed E-state index contributed by atoms with van der Waals surface area (Å²) in [6, 6.07) is 9.29. The Morgan fingerprint density at radius 3 is 2.25 bits per heavy atom. The molecule has 0 radical (unpaired) electrons. The zero-order valence-electron chi connectivity index (χ0n) is 14.2. The molecule has 24 heavy (non-hydrogen) atoms. The van der Waals surface area contributed by atoms with Crippen LogP contribution in [0.4, 0.5) is 0 Å². The van der Waals surface area contributed by atoms with Crippen molar-refractivity contribution in [2.24, 2.45) is 11.8 Å². The molecular weight excluding hydrogens is 304 g/mol. The topological polar surface area (TPSA) is 60.9 Å². The van der Waals surface area contributed by atoms with E-state index < -0.39 is 6.10 Å². The Hall–Kier alpha value is -1.88. The standard InChI is InChI=1S/C19H26N2O3/c1-14-7-10-21(13-17(14)22)19(24)16-8-11-20(12-9-16)18(23)15-5-3-2-4-6-15/h2-6,14,16-17,22H,7-13H2,1H3. The van der Waals surface area contributed by atoms with Crippen LogP contribution in [0.25, 0.3) is 0 Å². The van der Waals surface area contributed by atoms with Crippen LogP contribution >= 0.6 is 0 Å². The summed E-state index contributed by atoms with van der Waals surface area (Å²) in [6.45, 7) is 4.46. The number of aliphatic hydroxyl groups is 1. The molecule has 0 spiro atoms. The van der Waals surface area contributed by atoms with Crippen molar-refractivity contribution < 1.29 is 14.7 Å². The second kappa shape index (κ2) is 7.34. The number of benzene rings is 1. The Balaban J connectivity index is 1.53. The summed E-state index contributed by atoms with van der Waals surface area (Å²) in [7, 11) is 0. The molecule has 1 aromatic rings. The quantitative estimate of drug-likeness (QED) is 0.899. The van der Waals surface area contributed by atoms with Gasteiger partial charge in [0.1, 0.15) is 0 Å². The van der Waals surface area contributed by atoms with E-state index in [9.17, 15) is 14.7 Å². The molecule has 5 nitrogen and oxygen atoms in total. The molecule has 2 aliphatic rings. The summed E-state index contributed by atoms with van der Waals surface area (Å²) in [5.41, 5.74) is 0.704. The van der Waals surface area contributed by atoms with Crippen LogP contribution in [0.15, 0.2) is 30.3 Å². The zero-order valence-corrected chi connectivity index (χ0v) is 14.2. The first-order valence-electron chi connectivity index (χ1n) is 8.87. The lowest BCUT2D eigenvalue weighted by Crippen LogP contribution is -2.50. The highest BCUT2D eigenvalue weighted by molar-refractivity contribution is 5.94. The summed E-state index contributed by atoms with van der Waals surface area (Å²) in [4.78, 5) is 28.8. The van der Waals surface area contributed by atoms with Crippen LogP contribution in [0.2, 0.25) is 0 Å². The monoisotopic (exact) mass is 330 g/mol. The summed E-state index contributed by atoms with van der Waals surface area (Å²) in [6.07, 6.45) is 1.86. The van der Waals surface area contributed by atoms with Crippen molar-refractivity contribution in [2.45, 2.75) is 32.3 Å². The van der Waals surface area contributed by atoms with Crippen LogP contribution in [-0.2, 0) is 4.79 Å². The number of aliphatic hydroxyl groups excluding tert-OH is 1. The second-order valence-electron chi connectivity index (χ2n) is 7.05. The summed E-state index contributed by atoms with van der Waals surface area (Å²) in [5, 5.41) is 9.99. The number of hydrogen-bond acceptors (Lipinski definition) is 3. The maximum absolute atomic E-state index is 12.7. The maximum Gasteiger partial charge on any atom is 0.253 e. The Kier molecular flexibility index (Phi) is 5.19. The van der Waals surface area contributed by atoms with Crippen LogP contribution in [0.3, 0.4) is 0 Å². The third-order valence-corrected chi connectivity index (χ3v) is 5.38. The van der Waals surface area contributed by atoms with Crippen molar-refractivity contribution in [3.8, 4) is 0 Å². The number of nitrogens with zero attached hydrogens (tertiary/aromatic N) is 2. The van der Waals surface area contributed by atoms with E-state index in [1.807, 2.05) is 47.1 Å². The van der Waals surface area contributed by atoms with Crippen molar-refractivity contribution in [2.75, 3.05) is 26.2 Å². The Morgan fingerprint density at radius 2 is 1.62 bits per heavy atom. The van der Waals surface area contributed by atoms with E-state index in [2.05, 4.69) is 0 Å². The normalized spacial score (nSPS) is 25.6. The van der Waals surface area contributed by atoms with E-state index in [1.165, 1.54) is 0 Å². The number of piperidine rings is 2. The summed E-state index contributed by atoms with van der Waals surface area (Å²) < 4.78 is 0. The van der Waals surface area contributed by atoms with E-state index in [4.69, 9.17) is 0 Å². The van der Waals surface area contributed by atoms with Gasteiger partial charge in [-0.25, -0.2) is 0 Å². The van der Waals surface area contributed by atoms with Crippen LogP contribution in [-0.4, -0.2) is 59.0 Å². The number of hydrogen-bond donors (Lipinski definition) is 1. The van der Waals surface area contributed by atoms with E-state index in [-0.39, 0.29) is 23.7 Å². The predicted molar refractivity (Wildman–Crippen MR) is 91.4 cm³/mol. The first kappa shape index (κ1) is 17.0. The Morgan fingerprint density at radius 1 is 1.00 bits per heavy atom. The molecule has 0 aromatic heterocycles. The van der Waals surface area contributed by atoms with Crippen LogP contribution in [0, 0.1) is 11.8 Å². The van der Waals surface area contributed by atoms with E-state index in [0.29, 0.717) is 38.0 Å². The van der Waals surface area contributed by atoms with Gasteiger partial charge >= 0.3 is 0 Å². The number of likely N-dealkylation sites (tertiary alicyclic amines) is 2. The minimum atomic E-state index is -0.414. The number of amides is 2. The summed E-state index contributed by atoms with van der Waals surface area (Å²) >= 11 is 0. The number of rotatable bonds is 2. The molecule has 2 fully saturated rings. The lowest BCUT2D eigenvalue weighted by molar-refractivity contribution is -0.141. The largest absolute Gasteiger partial charge is 0.391 e. The van der Waals surface area contributed by atoms with Gasteiger partial charge < -0.3 is 14.9 Å². The van der Waals surface area contributed by atoms with Crippen molar-refractivity contribution in [1.82, 2.24) is 9.80 Å². The molecule has 2 atom stereocenters. The first-order chi connectivity index (χ1) is 11.6. The van der Waals surface area contributed by atoms with Gasteiger partial charge in [0.25, 0.3) is 5.91 Å². The van der Waals surface area contributed by atoms with E-state index in [0.717, 1.165) is 13.0 Å². The van der Waals surface area contributed by atoms with Gasteiger partial charge in [-0.15, -0.1) is 0 Å². The van der Waals surface area contributed by atoms with E-state index in [1.54, 1.807) is 0 Å². The van der Waals surface area contributed by atoms with Crippen LogP contribution < -0.4 is 0 Å². The molecule has 2 aliphatic heterocycles. The fourth-order valence-electron chi connectivity index (χ4n) is 3.60. The zero-order chi connectivity index (χ0) is 17.1. The van der Waals surface area contributed by atoms with Gasteiger partial charge in [0, 0.05) is 37.7 Å². The molecule has 2 saturated heterocycles. The minimum Gasteiger partial charge on any atom is -0.391 e. The molecular formula is C19H26N2O3. The van der Waals surface area contributed by atoms with Crippen molar-refractivity contribution in [1.29, 1.82) is 0 Å². The first-order valence-corrected chi connectivity index (χ1v) is 8.87. The molecule has 1 N–H and O–H groups in total. The van der Waals surface area contributed by atoms with Crippen molar-refractivity contribution in [3.63, 3.8) is 0 Å². The number of carbonyl (C=O) groups excluding carboxylic acids is 2. The highest BCUT2D eigenvalue weighted by Gasteiger charge is 2.33. The van der Waals surface area contributed by atoms with E-state index >= 15 is 0 Å². The second-order valence-corrected chi connectivity index (χ2v) is 7.05. The fourth-order valence-corrected chi connectivity index (χ4v) is 3.60. The number of carbonyl (C=O) groups is 2. The highest BCUT2D eigenvalue weighted by atomic mass is 16.3. The Labute approximate surface area is 143 Å². The fraction of sp³-hybridized carbons (Fsp3) is 0.579. The van der Waals surface area contributed by atoms with Crippen LogP contribution in [0.5, 0.6) is 0 Å². The van der Waals surface area contributed by atoms with Gasteiger partial charge in [-0.3, -0.25) is 9.59 Å². The SMILES string of the molecule is CC1CCN(C(=O)C2CCN(C(=O)c3ccccc3)CC2)CC1O. The molecule has 3 rings (SSSR count). The van der Waals surface area contributed by atoms with Gasteiger partial charge in [-0.05, 0) is 37.3 Å². The third-order valence-electron chi connectivity index (χ3n) is 5.38. The molecule has 130 valence electrons. The lowest BCUT2D eigenvalue weighted by atomic mass is 9.91. The third kappa shape index (κ3) is 3.61. The molecule has 2 amide bonds. The average Bonchev–Trinajstić information content (AvgIpc) is 2.63. The average molecular weight is 330 g/mol. The van der Waals surface area contributed by atoms with Gasteiger partial charge in [-0.1, -0.05) is 25.1 Å². The lowest BCUT2D eigenvalue weighted by Gasteiger charge is -2.38. The molecule has 0 saturated carbocycles. The summed E-state index contributed by atoms with van der Waals surface area (Å²) in [5.74, 6) is 0.432. The highest BCUT2D eigenvalue weighted by Crippen LogP contribution is 2.24. The smallest absolute Gasteiger partial charge is 0.253 e.